The van der Waals surface area contributed by atoms with Crippen LogP contribution in [0.25, 0.3) is 22.8 Å². The molecule has 0 unspecified atom stereocenters. The number of nitrogens with zero attached hydrogens (tertiary/aromatic N) is 2. The molecule has 0 fully saturated rings. The van der Waals surface area contributed by atoms with Crippen LogP contribution >= 0.6 is 0 Å². The van der Waals surface area contributed by atoms with E-state index in [1.807, 2.05) is 0 Å². The molecule has 0 saturated carbocycles. The molecule has 2 aromatic heterocycles. The van der Waals surface area contributed by atoms with Gasteiger partial charge in [0.1, 0.15) is 11.5 Å². The Morgan fingerprint density at radius 2 is 2.04 bits per heavy atom. The minimum atomic E-state index is -0.582. The van der Waals surface area contributed by atoms with Crippen molar-refractivity contribution in [3.05, 3.63) is 72.1 Å². The highest BCUT2D eigenvalue weighted by molar-refractivity contribution is 6.23. The van der Waals surface area contributed by atoms with Crippen LogP contribution in [-0.2, 0) is 9.53 Å². The van der Waals surface area contributed by atoms with E-state index in [9.17, 15) is 9.18 Å². The second-order valence-corrected chi connectivity index (χ2v) is 5.85. The molecule has 27 heavy (non-hydrogen) atoms. The number of fused-ring (bicyclic) bond motifs is 2. The van der Waals surface area contributed by atoms with Gasteiger partial charge in [0.25, 0.3) is 0 Å². The van der Waals surface area contributed by atoms with Crippen LogP contribution in [0.5, 0.6) is 11.5 Å². The first-order valence-electron chi connectivity index (χ1n) is 8.43. The van der Waals surface area contributed by atoms with Gasteiger partial charge in [-0.2, -0.15) is 4.39 Å². The van der Waals surface area contributed by atoms with Gasteiger partial charge in [0, 0.05) is 35.3 Å². The molecule has 6 heteroatoms. The lowest BCUT2D eigenvalue weighted by Gasteiger charge is -2.13. The predicted octanol–water partition coefficient (Wildman–Crippen LogP) is 4.49. The number of aromatic nitrogens is 2. The largest absolute Gasteiger partial charge is 0.462 e. The van der Waals surface area contributed by atoms with Crippen molar-refractivity contribution in [3.8, 4) is 22.6 Å². The van der Waals surface area contributed by atoms with E-state index in [1.165, 1.54) is 6.20 Å². The number of halogens is 1. The average Bonchev–Trinajstić information content (AvgIpc) is 2.85. The molecule has 0 amide bonds. The fourth-order valence-electron chi connectivity index (χ4n) is 2.92. The van der Waals surface area contributed by atoms with Gasteiger partial charge in [-0.25, -0.2) is 9.78 Å². The topological polar surface area (TPSA) is 61.3 Å². The molecular formula is C21H15FN2O3. The van der Waals surface area contributed by atoms with Crippen molar-refractivity contribution in [2.45, 2.75) is 6.92 Å². The summed E-state index contributed by atoms with van der Waals surface area (Å²) in [5.74, 6) is -0.0119. The van der Waals surface area contributed by atoms with E-state index in [1.54, 1.807) is 61.8 Å². The molecule has 0 spiro atoms. The van der Waals surface area contributed by atoms with Crippen LogP contribution in [0.15, 0.2) is 55.0 Å². The van der Waals surface area contributed by atoms with Gasteiger partial charge in [-0.3, -0.25) is 4.98 Å². The van der Waals surface area contributed by atoms with Gasteiger partial charge < -0.3 is 9.47 Å². The number of hydrogen-bond donors (Lipinski definition) is 0. The molecule has 4 rings (SSSR count). The highest BCUT2D eigenvalue weighted by Gasteiger charge is 2.23. The van der Waals surface area contributed by atoms with Crippen LogP contribution in [0.3, 0.4) is 0 Å². The lowest BCUT2D eigenvalue weighted by atomic mass is 9.98. The molecule has 5 nitrogen and oxygen atoms in total. The summed E-state index contributed by atoms with van der Waals surface area (Å²) in [6.45, 7) is 1.98. The molecule has 0 N–H and O–H groups in total. The SMILES string of the molecule is CCOC(=O)C1=Cc2cnccc2Oc2ccc(-c3cccnc3F)cc21. The van der Waals surface area contributed by atoms with Crippen LogP contribution < -0.4 is 4.74 Å². The van der Waals surface area contributed by atoms with Gasteiger partial charge in [-0.15, -0.1) is 0 Å². The number of esters is 1. The predicted molar refractivity (Wildman–Crippen MR) is 98.4 cm³/mol. The number of carbonyl (C=O) groups is 1. The molecule has 0 atom stereocenters. The number of pyridine rings is 2. The third kappa shape index (κ3) is 3.17. The Balaban J connectivity index is 1.91. The molecule has 0 aliphatic carbocycles. The van der Waals surface area contributed by atoms with E-state index in [0.717, 1.165) is 0 Å². The van der Waals surface area contributed by atoms with Crippen LogP contribution in [0.2, 0.25) is 0 Å². The van der Waals surface area contributed by atoms with Gasteiger partial charge in [0.2, 0.25) is 5.95 Å². The molecule has 134 valence electrons. The quantitative estimate of drug-likeness (QED) is 0.507. The molecule has 1 aliphatic heterocycles. The summed E-state index contributed by atoms with van der Waals surface area (Å²) < 4.78 is 25.3. The Morgan fingerprint density at radius 3 is 2.85 bits per heavy atom. The van der Waals surface area contributed by atoms with Crippen molar-refractivity contribution in [3.63, 3.8) is 0 Å². The normalized spacial score (nSPS) is 12.1. The van der Waals surface area contributed by atoms with E-state index >= 15 is 0 Å². The van der Waals surface area contributed by atoms with Crippen LogP contribution in [0.4, 0.5) is 4.39 Å². The minimum Gasteiger partial charge on any atom is -0.462 e. The summed E-state index contributed by atoms with van der Waals surface area (Å²) >= 11 is 0. The van der Waals surface area contributed by atoms with Gasteiger partial charge >= 0.3 is 5.97 Å². The van der Waals surface area contributed by atoms with Gasteiger partial charge in [-0.1, -0.05) is 6.07 Å². The number of rotatable bonds is 3. The second kappa shape index (κ2) is 6.99. The summed E-state index contributed by atoms with van der Waals surface area (Å²) in [6.07, 6.45) is 6.29. The van der Waals surface area contributed by atoms with Crippen molar-refractivity contribution < 1.29 is 18.7 Å². The third-order valence-electron chi connectivity index (χ3n) is 4.17. The van der Waals surface area contributed by atoms with Gasteiger partial charge in [0.15, 0.2) is 0 Å². The van der Waals surface area contributed by atoms with Crippen LogP contribution in [0.1, 0.15) is 18.1 Å². The van der Waals surface area contributed by atoms with Crippen LogP contribution in [0, 0.1) is 5.95 Å². The Morgan fingerprint density at radius 1 is 1.15 bits per heavy atom. The highest BCUT2D eigenvalue weighted by atomic mass is 19.1. The Labute approximate surface area is 155 Å². The van der Waals surface area contributed by atoms with Gasteiger partial charge in [-0.05, 0) is 48.9 Å². The summed E-state index contributed by atoms with van der Waals surface area (Å²) in [7, 11) is 0. The number of carbonyl (C=O) groups excluding carboxylic acids is 1. The van der Waals surface area contributed by atoms with Crippen molar-refractivity contribution >= 4 is 17.6 Å². The first kappa shape index (κ1) is 16.9. The minimum absolute atomic E-state index is 0.239. The average molecular weight is 362 g/mol. The number of benzene rings is 1. The zero-order valence-corrected chi connectivity index (χ0v) is 14.5. The molecule has 0 bridgehead atoms. The Bertz CT molecular complexity index is 1060. The standard InChI is InChI=1S/C21H15FN2O3/c1-2-26-21(25)17-11-14-12-23-9-7-18(14)27-19-6-5-13(10-16(17)19)15-4-3-8-24-20(15)22/h3-12H,2H2,1H3. The maximum absolute atomic E-state index is 14.1. The fraction of sp³-hybridized carbons (Fsp3) is 0.0952. The zero-order valence-electron chi connectivity index (χ0n) is 14.5. The second-order valence-electron chi connectivity index (χ2n) is 5.85. The summed E-state index contributed by atoms with van der Waals surface area (Å²) in [6, 6.07) is 10.2. The first-order valence-corrected chi connectivity index (χ1v) is 8.43. The summed E-state index contributed by atoms with van der Waals surface area (Å²) in [5, 5.41) is 0. The van der Waals surface area contributed by atoms with E-state index in [2.05, 4.69) is 9.97 Å². The van der Waals surface area contributed by atoms with Crippen molar-refractivity contribution in [1.29, 1.82) is 0 Å². The van der Waals surface area contributed by atoms with Crippen molar-refractivity contribution in [1.82, 2.24) is 9.97 Å². The first-order chi connectivity index (χ1) is 13.2. The lowest BCUT2D eigenvalue weighted by molar-refractivity contribution is -0.136. The van der Waals surface area contributed by atoms with Crippen molar-refractivity contribution in [2.75, 3.05) is 6.61 Å². The molecule has 1 aromatic carbocycles. The highest BCUT2D eigenvalue weighted by Crippen LogP contribution is 2.40. The molecule has 0 saturated heterocycles. The van der Waals surface area contributed by atoms with Gasteiger partial charge in [0.05, 0.1) is 12.2 Å². The van der Waals surface area contributed by atoms with Crippen LogP contribution in [-0.4, -0.2) is 22.5 Å². The molecule has 1 aliphatic rings. The Hall–Kier alpha value is -3.54. The van der Waals surface area contributed by atoms with E-state index in [4.69, 9.17) is 9.47 Å². The maximum atomic E-state index is 14.1. The molecule has 3 heterocycles. The molecule has 0 radical (unpaired) electrons. The zero-order chi connectivity index (χ0) is 18.8. The third-order valence-corrected chi connectivity index (χ3v) is 4.17. The monoisotopic (exact) mass is 362 g/mol. The van der Waals surface area contributed by atoms with E-state index in [-0.39, 0.29) is 6.61 Å². The smallest absolute Gasteiger partial charge is 0.338 e. The fourth-order valence-corrected chi connectivity index (χ4v) is 2.92. The number of hydrogen-bond acceptors (Lipinski definition) is 5. The van der Waals surface area contributed by atoms with Crippen molar-refractivity contribution in [2.24, 2.45) is 0 Å². The number of ether oxygens (including phenoxy) is 2. The molecular weight excluding hydrogens is 347 g/mol. The maximum Gasteiger partial charge on any atom is 0.338 e. The lowest BCUT2D eigenvalue weighted by Crippen LogP contribution is -2.07. The summed E-state index contributed by atoms with van der Waals surface area (Å²) in [4.78, 5) is 20.4. The van der Waals surface area contributed by atoms with E-state index < -0.39 is 11.9 Å². The summed E-state index contributed by atoms with van der Waals surface area (Å²) in [5.41, 5.74) is 2.43. The Kier molecular flexibility index (Phi) is 4.38. The molecule has 3 aromatic rings. The van der Waals surface area contributed by atoms with E-state index in [0.29, 0.717) is 39.3 Å².